The van der Waals surface area contributed by atoms with Crippen molar-refractivity contribution in [1.82, 2.24) is 19.5 Å². The van der Waals surface area contributed by atoms with Crippen molar-refractivity contribution >= 4 is 44.5 Å². The second-order valence-electron chi connectivity index (χ2n) is 6.48. The van der Waals surface area contributed by atoms with Crippen molar-refractivity contribution in [3.63, 3.8) is 0 Å². The van der Waals surface area contributed by atoms with Crippen LogP contribution in [0.2, 0.25) is 0 Å². The van der Waals surface area contributed by atoms with E-state index in [0.29, 0.717) is 6.54 Å². The van der Waals surface area contributed by atoms with Crippen LogP contribution in [0.3, 0.4) is 0 Å². The molecule has 128 valence electrons. The standard InChI is InChI=1S/C18H18N4OS2/c1-18(2,23)12-7-14-16(19-8-12)22(10-20-14)9-11-4-5-13-15(6-11)25-17(21-13)24-3/h4-8,10,23H,9H2,1-3H3. The van der Waals surface area contributed by atoms with Gasteiger partial charge in [-0.15, -0.1) is 11.3 Å². The first-order valence-electron chi connectivity index (χ1n) is 7.91. The van der Waals surface area contributed by atoms with Gasteiger partial charge in [0.25, 0.3) is 0 Å². The molecule has 0 atom stereocenters. The molecule has 0 aliphatic carbocycles. The van der Waals surface area contributed by atoms with Crippen LogP contribution in [0.4, 0.5) is 0 Å². The maximum Gasteiger partial charge on any atom is 0.160 e. The third kappa shape index (κ3) is 3.15. The largest absolute Gasteiger partial charge is 0.386 e. The highest BCUT2D eigenvalue weighted by atomic mass is 32.2. The lowest BCUT2D eigenvalue weighted by atomic mass is 10.0. The number of pyridine rings is 1. The number of imidazole rings is 1. The topological polar surface area (TPSA) is 63.8 Å². The first-order valence-corrected chi connectivity index (χ1v) is 9.95. The Morgan fingerprint density at radius 3 is 2.80 bits per heavy atom. The van der Waals surface area contributed by atoms with E-state index in [0.717, 1.165) is 26.6 Å². The number of rotatable bonds is 4. The molecule has 0 bridgehead atoms. The summed E-state index contributed by atoms with van der Waals surface area (Å²) in [5.74, 6) is 0. The molecule has 1 aromatic carbocycles. The number of aliphatic hydroxyl groups is 1. The van der Waals surface area contributed by atoms with Gasteiger partial charge in [-0.1, -0.05) is 17.8 Å². The van der Waals surface area contributed by atoms with Crippen molar-refractivity contribution in [3.05, 3.63) is 47.9 Å². The van der Waals surface area contributed by atoms with Crippen molar-refractivity contribution < 1.29 is 5.11 Å². The van der Waals surface area contributed by atoms with Crippen molar-refractivity contribution in [2.45, 2.75) is 30.3 Å². The Morgan fingerprint density at radius 1 is 1.20 bits per heavy atom. The van der Waals surface area contributed by atoms with E-state index in [2.05, 4.69) is 33.2 Å². The van der Waals surface area contributed by atoms with Gasteiger partial charge in [0.2, 0.25) is 0 Å². The minimum atomic E-state index is -0.919. The van der Waals surface area contributed by atoms with Crippen LogP contribution in [0.25, 0.3) is 21.4 Å². The molecule has 5 nitrogen and oxygen atoms in total. The Balaban J connectivity index is 1.68. The SMILES string of the molecule is CSc1nc2ccc(Cn3cnc4cc(C(C)(C)O)cnc43)cc2s1. The van der Waals surface area contributed by atoms with Gasteiger partial charge in [0.05, 0.1) is 28.7 Å². The van der Waals surface area contributed by atoms with Gasteiger partial charge in [-0.25, -0.2) is 15.0 Å². The Morgan fingerprint density at radius 2 is 2.04 bits per heavy atom. The van der Waals surface area contributed by atoms with E-state index in [1.807, 2.05) is 16.9 Å². The van der Waals surface area contributed by atoms with Gasteiger partial charge in [-0.2, -0.15) is 0 Å². The summed E-state index contributed by atoms with van der Waals surface area (Å²) in [6, 6.07) is 8.25. The Kier molecular flexibility index (Phi) is 4.02. The van der Waals surface area contributed by atoms with Gasteiger partial charge < -0.3 is 9.67 Å². The van der Waals surface area contributed by atoms with E-state index in [1.165, 1.54) is 10.3 Å². The predicted molar refractivity (Wildman–Crippen MR) is 103 cm³/mol. The molecule has 4 rings (SSSR count). The Labute approximate surface area is 153 Å². The maximum absolute atomic E-state index is 10.1. The summed E-state index contributed by atoms with van der Waals surface area (Å²) in [6.07, 6.45) is 5.57. The van der Waals surface area contributed by atoms with Crippen LogP contribution in [-0.2, 0) is 12.1 Å². The molecule has 0 fully saturated rings. The molecular formula is C18H18N4OS2. The van der Waals surface area contributed by atoms with E-state index in [1.54, 1.807) is 49.5 Å². The number of thiazole rings is 1. The number of fused-ring (bicyclic) bond motifs is 2. The van der Waals surface area contributed by atoms with Gasteiger partial charge in [-0.3, -0.25) is 0 Å². The smallest absolute Gasteiger partial charge is 0.160 e. The van der Waals surface area contributed by atoms with Gasteiger partial charge >= 0.3 is 0 Å². The third-order valence-corrected chi connectivity index (χ3v) is 6.13. The summed E-state index contributed by atoms with van der Waals surface area (Å²) >= 11 is 3.39. The predicted octanol–water partition coefficient (Wildman–Crippen LogP) is 4.04. The summed E-state index contributed by atoms with van der Waals surface area (Å²) in [7, 11) is 0. The van der Waals surface area contributed by atoms with E-state index in [4.69, 9.17) is 0 Å². The first-order chi connectivity index (χ1) is 11.9. The summed E-state index contributed by atoms with van der Waals surface area (Å²) in [6.45, 7) is 4.20. The molecule has 0 saturated heterocycles. The fourth-order valence-corrected chi connectivity index (χ4v) is 4.28. The fourth-order valence-electron chi connectivity index (χ4n) is 2.73. The van der Waals surface area contributed by atoms with Crippen LogP contribution in [0.1, 0.15) is 25.0 Å². The highest BCUT2D eigenvalue weighted by molar-refractivity contribution is 8.00. The molecule has 0 amide bonds. The molecule has 4 aromatic rings. The van der Waals surface area contributed by atoms with E-state index >= 15 is 0 Å². The van der Waals surface area contributed by atoms with Crippen LogP contribution in [-0.4, -0.2) is 30.9 Å². The summed E-state index contributed by atoms with van der Waals surface area (Å²) in [4.78, 5) is 13.5. The molecule has 0 saturated carbocycles. The Bertz CT molecular complexity index is 1060. The molecule has 0 aliphatic rings. The monoisotopic (exact) mass is 370 g/mol. The van der Waals surface area contributed by atoms with E-state index < -0.39 is 5.60 Å². The number of nitrogens with zero attached hydrogens (tertiary/aromatic N) is 4. The third-order valence-electron chi connectivity index (χ3n) is 4.12. The van der Waals surface area contributed by atoms with Gasteiger partial charge in [0.15, 0.2) is 9.99 Å². The van der Waals surface area contributed by atoms with Crippen LogP contribution in [0, 0.1) is 0 Å². The molecule has 0 spiro atoms. The second-order valence-corrected chi connectivity index (χ2v) is 8.57. The lowest BCUT2D eigenvalue weighted by Gasteiger charge is -2.16. The van der Waals surface area contributed by atoms with E-state index in [-0.39, 0.29) is 0 Å². The van der Waals surface area contributed by atoms with Crippen molar-refractivity contribution in [3.8, 4) is 0 Å². The number of aromatic nitrogens is 4. The molecule has 1 N–H and O–H groups in total. The second kappa shape index (κ2) is 6.09. The number of thioether (sulfide) groups is 1. The average Bonchev–Trinajstić information content (AvgIpc) is 3.17. The zero-order valence-electron chi connectivity index (χ0n) is 14.2. The lowest BCUT2D eigenvalue weighted by Crippen LogP contribution is -2.15. The molecule has 0 aliphatic heterocycles. The van der Waals surface area contributed by atoms with Gasteiger partial charge in [0.1, 0.15) is 5.52 Å². The summed E-state index contributed by atoms with van der Waals surface area (Å²) in [5, 5.41) is 10.1. The molecule has 3 heterocycles. The van der Waals surface area contributed by atoms with Gasteiger partial charge in [-0.05, 0) is 43.9 Å². The number of hydrogen-bond acceptors (Lipinski definition) is 6. The number of hydrogen-bond donors (Lipinski definition) is 1. The summed E-state index contributed by atoms with van der Waals surface area (Å²) < 4.78 is 4.31. The molecule has 3 aromatic heterocycles. The van der Waals surface area contributed by atoms with Crippen LogP contribution in [0.5, 0.6) is 0 Å². The Hall–Kier alpha value is -1.96. The highest BCUT2D eigenvalue weighted by Gasteiger charge is 2.18. The van der Waals surface area contributed by atoms with Crippen molar-refractivity contribution in [2.75, 3.05) is 6.26 Å². The van der Waals surface area contributed by atoms with Crippen molar-refractivity contribution in [2.24, 2.45) is 0 Å². The molecule has 7 heteroatoms. The molecular weight excluding hydrogens is 352 g/mol. The minimum absolute atomic E-state index is 0.702. The fraction of sp³-hybridized carbons (Fsp3) is 0.278. The zero-order chi connectivity index (χ0) is 17.6. The summed E-state index contributed by atoms with van der Waals surface area (Å²) in [5.41, 5.74) is 3.70. The molecule has 0 unspecified atom stereocenters. The number of benzene rings is 1. The maximum atomic E-state index is 10.1. The van der Waals surface area contributed by atoms with E-state index in [9.17, 15) is 5.11 Å². The first kappa shape index (κ1) is 16.5. The minimum Gasteiger partial charge on any atom is -0.386 e. The molecule has 0 radical (unpaired) electrons. The lowest BCUT2D eigenvalue weighted by molar-refractivity contribution is 0.0784. The van der Waals surface area contributed by atoms with Gasteiger partial charge in [0, 0.05) is 11.8 Å². The highest BCUT2D eigenvalue weighted by Crippen LogP contribution is 2.29. The quantitative estimate of drug-likeness (QED) is 0.549. The average molecular weight is 371 g/mol. The van der Waals surface area contributed by atoms with Crippen LogP contribution >= 0.6 is 23.1 Å². The normalized spacial score (nSPS) is 12.3. The zero-order valence-corrected chi connectivity index (χ0v) is 15.9. The van der Waals surface area contributed by atoms with Crippen molar-refractivity contribution in [1.29, 1.82) is 0 Å². The van der Waals surface area contributed by atoms with Crippen LogP contribution in [0.15, 0.2) is 41.1 Å². The van der Waals surface area contributed by atoms with Crippen LogP contribution < -0.4 is 0 Å². The molecule has 25 heavy (non-hydrogen) atoms.